The van der Waals surface area contributed by atoms with Crippen molar-refractivity contribution in [2.75, 3.05) is 6.61 Å². The van der Waals surface area contributed by atoms with Crippen molar-refractivity contribution in [1.82, 2.24) is 0 Å². The predicted octanol–water partition coefficient (Wildman–Crippen LogP) is 0.530. The van der Waals surface area contributed by atoms with Gasteiger partial charge in [0.15, 0.2) is 0 Å². The number of aliphatic hydroxyl groups is 2. The van der Waals surface area contributed by atoms with Crippen LogP contribution in [-0.2, 0) is 0 Å². The van der Waals surface area contributed by atoms with Crippen LogP contribution in [0.4, 0.5) is 0 Å². The third-order valence-electron chi connectivity index (χ3n) is 2.39. The Morgan fingerprint density at radius 3 is 2.22 bits per heavy atom. The summed E-state index contributed by atoms with van der Waals surface area (Å²) in [6, 6.07) is 0. The van der Waals surface area contributed by atoms with Gasteiger partial charge < -0.3 is 10.2 Å². The Bertz CT molecular complexity index is 95.1. The minimum atomic E-state index is -0.232. The van der Waals surface area contributed by atoms with Crippen LogP contribution >= 0.6 is 0 Å². The third-order valence-corrected chi connectivity index (χ3v) is 2.39. The van der Waals surface area contributed by atoms with E-state index in [1.807, 2.05) is 6.92 Å². The molecule has 0 spiro atoms. The summed E-state index contributed by atoms with van der Waals surface area (Å²) in [5, 5.41) is 17.7. The molecule has 54 valence electrons. The van der Waals surface area contributed by atoms with Gasteiger partial charge in [-0.15, -0.1) is 0 Å². The summed E-state index contributed by atoms with van der Waals surface area (Å²) in [4.78, 5) is 0. The second-order valence-corrected chi connectivity index (χ2v) is 3.01. The molecule has 0 heterocycles. The maximum atomic E-state index is 9.16. The Hall–Kier alpha value is -0.0800. The molecule has 1 fully saturated rings. The van der Waals surface area contributed by atoms with Gasteiger partial charge in [-0.05, 0) is 31.6 Å². The van der Waals surface area contributed by atoms with Crippen LogP contribution < -0.4 is 0 Å². The molecule has 1 aliphatic rings. The fourth-order valence-electron chi connectivity index (χ4n) is 1.26. The van der Waals surface area contributed by atoms with Crippen molar-refractivity contribution in [2.24, 2.45) is 5.41 Å². The SMILES string of the molecule is CC(O)C1(CCO)CC1. The van der Waals surface area contributed by atoms with E-state index in [1.54, 1.807) is 0 Å². The largest absolute Gasteiger partial charge is 0.396 e. The van der Waals surface area contributed by atoms with E-state index >= 15 is 0 Å². The number of hydrogen-bond acceptors (Lipinski definition) is 2. The average molecular weight is 130 g/mol. The van der Waals surface area contributed by atoms with Crippen molar-refractivity contribution >= 4 is 0 Å². The summed E-state index contributed by atoms with van der Waals surface area (Å²) < 4.78 is 0. The molecule has 0 saturated heterocycles. The Morgan fingerprint density at radius 1 is 1.56 bits per heavy atom. The highest BCUT2D eigenvalue weighted by Crippen LogP contribution is 2.51. The minimum Gasteiger partial charge on any atom is -0.396 e. The summed E-state index contributed by atoms with van der Waals surface area (Å²) in [5.74, 6) is 0. The first-order valence-corrected chi connectivity index (χ1v) is 3.50. The molecular formula is C7H14O2. The summed E-state index contributed by atoms with van der Waals surface area (Å²) in [6.45, 7) is 2.02. The zero-order valence-electron chi connectivity index (χ0n) is 5.80. The monoisotopic (exact) mass is 130 g/mol. The zero-order valence-corrected chi connectivity index (χ0v) is 5.80. The quantitative estimate of drug-likeness (QED) is 0.585. The molecule has 0 aromatic heterocycles. The molecule has 0 aromatic carbocycles. The maximum absolute atomic E-state index is 9.16. The van der Waals surface area contributed by atoms with Gasteiger partial charge in [0.2, 0.25) is 0 Å². The Balaban J connectivity index is 2.33. The van der Waals surface area contributed by atoms with E-state index in [4.69, 9.17) is 10.2 Å². The molecular weight excluding hydrogens is 116 g/mol. The van der Waals surface area contributed by atoms with Crippen LogP contribution in [0, 0.1) is 5.41 Å². The molecule has 0 aromatic rings. The van der Waals surface area contributed by atoms with E-state index in [2.05, 4.69) is 0 Å². The first-order chi connectivity index (χ1) is 4.21. The summed E-state index contributed by atoms with van der Waals surface area (Å²) in [7, 11) is 0. The zero-order chi connectivity index (χ0) is 6.91. The smallest absolute Gasteiger partial charge is 0.0569 e. The van der Waals surface area contributed by atoms with Gasteiger partial charge in [-0.1, -0.05) is 0 Å². The highest BCUT2D eigenvalue weighted by molar-refractivity contribution is 4.96. The predicted molar refractivity (Wildman–Crippen MR) is 35.1 cm³/mol. The molecule has 2 heteroatoms. The molecule has 1 rings (SSSR count). The molecule has 0 amide bonds. The first kappa shape index (κ1) is 7.03. The van der Waals surface area contributed by atoms with Gasteiger partial charge in [0.25, 0.3) is 0 Å². The number of hydrogen-bond donors (Lipinski definition) is 2. The fraction of sp³-hybridized carbons (Fsp3) is 1.00. The molecule has 1 saturated carbocycles. The van der Waals surface area contributed by atoms with E-state index in [-0.39, 0.29) is 18.1 Å². The molecule has 0 aliphatic heterocycles. The van der Waals surface area contributed by atoms with Crippen molar-refractivity contribution in [3.05, 3.63) is 0 Å². The van der Waals surface area contributed by atoms with E-state index in [1.165, 1.54) is 0 Å². The van der Waals surface area contributed by atoms with Crippen molar-refractivity contribution in [2.45, 2.75) is 32.3 Å². The van der Waals surface area contributed by atoms with Crippen LogP contribution in [-0.4, -0.2) is 22.9 Å². The molecule has 0 bridgehead atoms. The second kappa shape index (κ2) is 2.27. The van der Waals surface area contributed by atoms with E-state index in [0.717, 1.165) is 19.3 Å². The lowest BCUT2D eigenvalue weighted by Crippen LogP contribution is -2.18. The number of rotatable bonds is 3. The standard InChI is InChI=1S/C7H14O2/c1-6(9)7(2-3-7)4-5-8/h6,8-9H,2-5H2,1H3. The maximum Gasteiger partial charge on any atom is 0.0569 e. The Morgan fingerprint density at radius 2 is 2.11 bits per heavy atom. The summed E-state index contributed by atoms with van der Waals surface area (Å²) in [5.41, 5.74) is 0.106. The Labute approximate surface area is 55.5 Å². The van der Waals surface area contributed by atoms with Crippen molar-refractivity contribution in [3.8, 4) is 0 Å². The van der Waals surface area contributed by atoms with Gasteiger partial charge in [-0.25, -0.2) is 0 Å². The van der Waals surface area contributed by atoms with Gasteiger partial charge in [-0.3, -0.25) is 0 Å². The first-order valence-electron chi connectivity index (χ1n) is 3.50. The van der Waals surface area contributed by atoms with E-state index in [9.17, 15) is 0 Å². The fourth-order valence-corrected chi connectivity index (χ4v) is 1.26. The molecule has 1 unspecified atom stereocenters. The van der Waals surface area contributed by atoms with Crippen LogP contribution in [0.5, 0.6) is 0 Å². The molecule has 0 radical (unpaired) electrons. The summed E-state index contributed by atoms with van der Waals surface area (Å²) >= 11 is 0. The third kappa shape index (κ3) is 1.25. The average Bonchev–Trinajstić information content (AvgIpc) is 2.49. The van der Waals surface area contributed by atoms with Crippen molar-refractivity contribution in [3.63, 3.8) is 0 Å². The number of aliphatic hydroxyl groups excluding tert-OH is 2. The lowest BCUT2D eigenvalue weighted by Gasteiger charge is -2.15. The molecule has 9 heavy (non-hydrogen) atoms. The van der Waals surface area contributed by atoms with E-state index in [0.29, 0.717) is 0 Å². The van der Waals surface area contributed by atoms with Crippen molar-refractivity contribution < 1.29 is 10.2 Å². The van der Waals surface area contributed by atoms with Gasteiger partial charge in [0.1, 0.15) is 0 Å². The normalized spacial score (nSPS) is 25.7. The Kier molecular flexibility index (Phi) is 1.78. The molecule has 2 N–H and O–H groups in total. The van der Waals surface area contributed by atoms with Crippen LogP contribution in [0.3, 0.4) is 0 Å². The molecule has 2 nitrogen and oxygen atoms in total. The van der Waals surface area contributed by atoms with Gasteiger partial charge in [0.05, 0.1) is 6.10 Å². The second-order valence-electron chi connectivity index (χ2n) is 3.01. The van der Waals surface area contributed by atoms with Crippen LogP contribution in [0.15, 0.2) is 0 Å². The summed E-state index contributed by atoms with van der Waals surface area (Å²) in [6.07, 6.45) is 2.71. The van der Waals surface area contributed by atoms with Gasteiger partial charge >= 0.3 is 0 Å². The van der Waals surface area contributed by atoms with Crippen LogP contribution in [0.1, 0.15) is 26.2 Å². The topological polar surface area (TPSA) is 40.5 Å². The van der Waals surface area contributed by atoms with Crippen LogP contribution in [0.25, 0.3) is 0 Å². The highest BCUT2D eigenvalue weighted by atomic mass is 16.3. The molecule has 1 aliphatic carbocycles. The van der Waals surface area contributed by atoms with Gasteiger partial charge in [-0.2, -0.15) is 0 Å². The lowest BCUT2D eigenvalue weighted by atomic mass is 9.97. The molecule has 1 atom stereocenters. The van der Waals surface area contributed by atoms with Gasteiger partial charge in [0, 0.05) is 6.61 Å². The lowest BCUT2D eigenvalue weighted by molar-refractivity contribution is 0.0893. The van der Waals surface area contributed by atoms with E-state index < -0.39 is 0 Å². The highest BCUT2D eigenvalue weighted by Gasteiger charge is 2.45. The van der Waals surface area contributed by atoms with Crippen molar-refractivity contribution in [1.29, 1.82) is 0 Å². The minimum absolute atomic E-state index is 0.106. The van der Waals surface area contributed by atoms with Crippen LogP contribution in [0.2, 0.25) is 0 Å².